The molecular weight excluding hydrogens is 344 g/mol. The van der Waals surface area contributed by atoms with Crippen molar-refractivity contribution in [2.45, 2.75) is 91.0 Å². The van der Waals surface area contributed by atoms with Gasteiger partial charge in [0, 0.05) is 19.3 Å². The quantitative estimate of drug-likeness (QED) is 0.564. The number of carbonyl (C=O) groups is 2. The molecule has 2 saturated carbocycles. The molecule has 5 heteroatoms. The molecule has 5 nitrogen and oxygen atoms in total. The van der Waals surface area contributed by atoms with E-state index in [0.717, 1.165) is 19.3 Å². The van der Waals surface area contributed by atoms with Gasteiger partial charge in [0.1, 0.15) is 17.3 Å². The fourth-order valence-electron chi connectivity index (χ4n) is 5.77. The molecule has 0 radical (unpaired) electrons. The molecule has 0 aromatic carbocycles. The minimum atomic E-state index is -1.52. The van der Waals surface area contributed by atoms with E-state index in [4.69, 9.17) is 4.74 Å². The predicted molar refractivity (Wildman–Crippen MR) is 104 cm³/mol. The van der Waals surface area contributed by atoms with Crippen LogP contribution in [0.2, 0.25) is 0 Å². The molecule has 0 aromatic rings. The van der Waals surface area contributed by atoms with Crippen molar-refractivity contribution < 1.29 is 24.5 Å². The number of fused-ring (bicyclic) bond motifs is 1. The Hall–Kier alpha value is -1.20. The monoisotopic (exact) mass is 380 g/mol. The summed E-state index contributed by atoms with van der Waals surface area (Å²) in [5.74, 6) is -0.950. The van der Waals surface area contributed by atoms with Crippen LogP contribution in [0.3, 0.4) is 0 Å². The SMILES string of the molecule is C=C[C@@](C)(O)[C@H](C[C@@H]1[C@@]2(C)CCCC(C)(C)[C@@H]2CC(=O)[C@@]1(C)O)OC(C)=O. The average molecular weight is 381 g/mol. The molecule has 0 aliphatic heterocycles. The third-order valence-corrected chi connectivity index (χ3v) is 7.53. The summed E-state index contributed by atoms with van der Waals surface area (Å²) < 4.78 is 5.43. The maximum absolute atomic E-state index is 12.9. The summed E-state index contributed by atoms with van der Waals surface area (Å²) in [4.78, 5) is 24.5. The number of aliphatic hydroxyl groups is 2. The molecule has 0 spiro atoms. The average Bonchev–Trinajstić information content (AvgIpc) is 2.52. The lowest BCUT2D eigenvalue weighted by molar-refractivity contribution is -0.195. The van der Waals surface area contributed by atoms with Gasteiger partial charge in [0.05, 0.1) is 0 Å². The first kappa shape index (κ1) is 22.1. The van der Waals surface area contributed by atoms with Crippen molar-refractivity contribution in [3.05, 3.63) is 12.7 Å². The Morgan fingerprint density at radius 2 is 1.96 bits per heavy atom. The topological polar surface area (TPSA) is 83.8 Å². The second-order valence-electron chi connectivity index (χ2n) is 9.99. The highest BCUT2D eigenvalue weighted by Gasteiger charge is 2.62. The summed E-state index contributed by atoms with van der Waals surface area (Å²) in [6, 6.07) is 0. The zero-order valence-corrected chi connectivity index (χ0v) is 17.7. The molecule has 0 aromatic heterocycles. The minimum Gasteiger partial charge on any atom is -0.459 e. The van der Waals surface area contributed by atoms with Crippen molar-refractivity contribution >= 4 is 11.8 Å². The lowest BCUT2D eigenvalue weighted by Crippen LogP contribution is -2.63. The summed E-state index contributed by atoms with van der Waals surface area (Å²) in [5.41, 5.74) is -3.25. The van der Waals surface area contributed by atoms with E-state index in [9.17, 15) is 19.8 Å². The zero-order valence-electron chi connectivity index (χ0n) is 17.7. The molecule has 0 heterocycles. The van der Waals surface area contributed by atoms with Crippen molar-refractivity contribution in [1.29, 1.82) is 0 Å². The van der Waals surface area contributed by atoms with Crippen LogP contribution in [0, 0.1) is 22.7 Å². The van der Waals surface area contributed by atoms with E-state index >= 15 is 0 Å². The van der Waals surface area contributed by atoms with E-state index in [1.165, 1.54) is 19.9 Å². The van der Waals surface area contributed by atoms with Crippen LogP contribution in [0.1, 0.15) is 73.6 Å². The molecular formula is C22H36O5. The maximum Gasteiger partial charge on any atom is 0.303 e. The van der Waals surface area contributed by atoms with E-state index in [1.54, 1.807) is 6.92 Å². The zero-order chi connectivity index (χ0) is 20.8. The Morgan fingerprint density at radius 3 is 2.48 bits per heavy atom. The normalized spacial score (nSPS) is 39.0. The van der Waals surface area contributed by atoms with E-state index in [1.807, 2.05) is 0 Å². The smallest absolute Gasteiger partial charge is 0.303 e. The number of hydrogen-bond donors (Lipinski definition) is 2. The molecule has 2 fully saturated rings. The Labute approximate surface area is 163 Å². The van der Waals surface area contributed by atoms with E-state index in [2.05, 4.69) is 27.4 Å². The molecule has 0 bridgehead atoms. The summed E-state index contributed by atoms with van der Waals surface area (Å²) in [6.45, 7) is 14.6. The minimum absolute atomic E-state index is 0.00467. The van der Waals surface area contributed by atoms with Crippen LogP contribution in [0.15, 0.2) is 12.7 Å². The number of ketones is 1. The van der Waals surface area contributed by atoms with Crippen molar-refractivity contribution in [1.82, 2.24) is 0 Å². The van der Waals surface area contributed by atoms with Gasteiger partial charge in [0.15, 0.2) is 5.78 Å². The van der Waals surface area contributed by atoms with E-state index < -0.39 is 29.2 Å². The largest absolute Gasteiger partial charge is 0.459 e. The van der Waals surface area contributed by atoms with Crippen LogP contribution >= 0.6 is 0 Å². The van der Waals surface area contributed by atoms with Crippen LogP contribution < -0.4 is 0 Å². The molecule has 0 saturated heterocycles. The second-order valence-corrected chi connectivity index (χ2v) is 9.99. The van der Waals surface area contributed by atoms with Gasteiger partial charge in [-0.25, -0.2) is 0 Å². The van der Waals surface area contributed by atoms with Gasteiger partial charge < -0.3 is 14.9 Å². The van der Waals surface area contributed by atoms with Gasteiger partial charge in [-0.3, -0.25) is 9.59 Å². The lowest BCUT2D eigenvalue weighted by Gasteiger charge is -2.61. The molecule has 2 aliphatic rings. The molecule has 2 N–H and O–H groups in total. The van der Waals surface area contributed by atoms with Gasteiger partial charge in [0.25, 0.3) is 0 Å². The summed E-state index contributed by atoms with van der Waals surface area (Å²) in [5, 5.41) is 21.9. The summed E-state index contributed by atoms with van der Waals surface area (Å²) in [6.07, 6.45) is 4.02. The standard InChI is InChI=1S/C22H36O5/c1-8-21(6,25)18(27-14(2)23)13-16-20(5)11-9-10-19(3,4)15(20)12-17(24)22(16,7)26/h8,15-16,18,25-26H,1,9-13H2,2-7H3/t15-,16+,18-,20-,21+,22-/m0/s1. The van der Waals surface area contributed by atoms with Gasteiger partial charge in [-0.2, -0.15) is 0 Å². The number of esters is 1. The molecule has 2 aliphatic carbocycles. The van der Waals surface area contributed by atoms with Gasteiger partial charge >= 0.3 is 5.97 Å². The fraction of sp³-hybridized carbons (Fsp3) is 0.818. The first-order valence-electron chi connectivity index (χ1n) is 9.97. The van der Waals surface area contributed by atoms with Gasteiger partial charge in [-0.15, -0.1) is 6.58 Å². The first-order chi connectivity index (χ1) is 12.2. The Bertz CT molecular complexity index is 618. The number of ether oxygens (including phenoxy) is 1. The Kier molecular flexibility index (Phi) is 5.73. The van der Waals surface area contributed by atoms with E-state index in [-0.39, 0.29) is 29.0 Å². The van der Waals surface area contributed by atoms with Crippen LogP contribution in [0.5, 0.6) is 0 Å². The molecule has 2 rings (SSSR count). The summed E-state index contributed by atoms with van der Waals surface area (Å²) in [7, 11) is 0. The second kappa shape index (κ2) is 7.00. The van der Waals surface area contributed by atoms with Gasteiger partial charge in [-0.05, 0) is 49.9 Å². The van der Waals surface area contributed by atoms with Crippen LogP contribution in [0.4, 0.5) is 0 Å². The first-order valence-corrected chi connectivity index (χ1v) is 9.97. The van der Waals surface area contributed by atoms with E-state index in [0.29, 0.717) is 6.42 Å². The highest BCUT2D eigenvalue weighted by atomic mass is 16.6. The molecule has 0 amide bonds. The number of carbonyl (C=O) groups excluding carboxylic acids is 2. The van der Waals surface area contributed by atoms with Gasteiger partial charge in [0.2, 0.25) is 0 Å². The lowest BCUT2D eigenvalue weighted by atomic mass is 9.44. The van der Waals surface area contributed by atoms with Crippen LogP contribution in [-0.4, -0.2) is 39.3 Å². The predicted octanol–water partition coefficient (Wildman–Crippen LogP) is 3.42. The van der Waals surface area contributed by atoms with Crippen LogP contribution in [0.25, 0.3) is 0 Å². The Balaban J connectivity index is 2.49. The highest BCUT2D eigenvalue weighted by Crippen LogP contribution is 2.62. The molecule has 27 heavy (non-hydrogen) atoms. The van der Waals surface area contributed by atoms with Gasteiger partial charge in [-0.1, -0.05) is 33.3 Å². The van der Waals surface area contributed by atoms with Crippen molar-refractivity contribution in [3.8, 4) is 0 Å². The number of Topliss-reactive ketones (excluding diaryl/α,β-unsaturated/α-hetero) is 1. The Morgan fingerprint density at radius 1 is 1.37 bits per heavy atom. The van der Waals surface area contributed by atoms with Crippen LogP contribution in [-0.2, 0) is 14.3 Å². The maximum atomic E-state index is 12.9. The van der Waals surface area contributed by atoms with Crippen molar-refractivity contribution in [3.63, 3.8) is 0 Å². The number of rotatable bonds is 5. The molecule has 154 valence electrons. The molecule has 6 atom stereocenters. The molecule has 0 unspecified atom stereocenters. The third kappa shape index (κ3) is 3.86. The van der Waals surface area contributed by atoms with Crippen molar-refractivity contribution in [2.75, 3.05) is 0 Å². The van der Waals surface area contributed by atoms with Crippen molar-refractivity contribution in [2.24, 2.45) is 22.7 Å². The third-order valence-electron chi connectivity index (χ3n) is 7.53. The number of hydrogen-bond acceptors (Lipinski definition) is 5. The fourth-order valence-corrected chi connectivity index (χ4v) is 5.77. The summed E-state index contributed by atoms with van der Waals surface area (Å²) >= 11 is 0. The highest BCUT2D eigenvalue weighted by molar-refractivity contribution is 5.88.